The quantitative estimate of drug-likeness (QED) is 0.396. The van der Waals surface area contributed by atoms with Gasteiger partial charge in [-0.15, -0.1) is 0 Å². The van der Waals surface area contributed by atoms with Crippen LogP contribution in [0, 0.1) is 18.3 Å². The molecule has 6 heteroatoms. The van der Waals surface area contributed by atoms with Crippen LogP contribution in [0.5, 0.6) is 5.75 Å². The predicted octanol–water partition coefficient (Wildman–Crippen LogP) is 5.21. The molecule has 1 saturated heterocycles. The second kappa shape index (κ2) is 9.28. The van der Waals surface area contributed by atoms with Gasteiger partial charge in [0, 0.05) is 40.8 Å². The van der Waals surface area contributed by atoms with Gasteiger partial charge in [-0.25, -0.2) is 0 Å². The van der Waals surface area contributed by atoms with Gasteiger partial charge in [-0.2, -0.15) is 5.26 Å². The average molecular weight is 434 g/mol. The molecule has 2 aromatic carbocycles. The summed E-state index contributed by atoms with van der Waals surface area (Å²) in [6.07, 6.45) is 5.69. The maximum absolute atomic E-state index is 12.7. The number of fused-ring (bicyclic) bond motifs is 1. The Kier molecular flexibility index (Phi) is 6.29. The largest absolute Gasteiger partial charge is 0.492 e. The highest BCUT2D eigenvalue weighted by molar-refractivity contribution is 6.31. The second-order valence-electron chi connectivity index (χ2n) is 7.72. The van der Waals surface area contributed by atoms with Gasteiger partial charge >= 0.3 is 0 Å². The molecule has 1 aromatic heterocycles. The number of aromatic nitrogens is 1. The number of ether oxygens (including phenoxy) is 1. The van der Waals surface area contributed by atoms with E-state index >= 15 is 0 Å². The molecule has 0 radical (unpaired) electrons. The third-order valence-electron chi connectivity index (χ3n) is 5.59. The molecule has 0 N–H and O–H groups in total. The highest BCUT2D eigenvalue weighted by Crippen LogP contribution is 2.25. The average Bonchev–Trinajstić information content (AvgIpc) is 3.43. The van der Waals surface area contributed by atoms with Crippen LogP contribution in [-0.4, -0.2) is 35.1 Å². The van der Waals surface area contributed by atoms with E-state index in [1.165, 1.54) is 0 Å². The molecule has 0 saturated carbocycles. The maximum Gasteiger partial charge on any atom is 0.264 e. The van der Waals surface area contributed by atoms with Crippen molar-refractivity contribution in [1.29, 1.82) is 5.26 Å². The minimum Gasteiger partial charge on any atom is -0.492 e. The molecule has 1 amide bonds. The number of rotatable bonds is 6. The summed E-state index contributed by atoms with van der Waals surface area (Å²) in [6.45, 7) is 4.52. The Bertz CT molecular complexity index is 1180. The second-order valence-corrected chi connectivity index (χ2v) is 8.13. The van der Waals surface area contributed by atoms with Crippen molar-refractivity contribution in [2.24, 2.45) is 0 Å². The number of amides is 1. The molecule has 31 heavy (non-hydrogen) atoms. The highest BCUT2D eigenvalue weighted by Gasteiger charge is 2.22. The summed E-state index contributed by atoms with van der Waals surface area (Å²) in [6, 6.07) is 15.7. The van der Waals surface area contributed by atoms with Crippen LogP contribution in [0.25, 0.3) is 17.0 Å². The van der Waals surface area contributed by atoms with Crippen LogP contribution >= 0.6 is 11.6 Å². The van der Waals surface area contributed by atoms with Crippen molar-refractivity contribution in [3.05, 3.63) is 70.4 Å². The fourth-order valence-electron chi connectivity index (χ4n) is 3.93. The van der Waals surface area contributed by atoms with Gasteiger partial charge in [-0.3, -0.25) is 4.79 Å². The van der Waals surface area contributed by atoms with Crippen molar-refractivity contribution in [3.63, 3.8) is 0 Å². The molecule has 158 valence electrons. The monoisotopic (exact) mass is 433 g/mol. The van der Waals surface area contributed by atoms with E-state index in [0.29, 0.717) is 13.2 Å². The number of para-hydroxylation sites is 1. The lowest BCUT2D eigenvalue weighted by Crippen LogP contribution is -2.28. The van der Waals surface area contributed by atoms with Crippen LogP contribution in [0.15, 0.2) is 54.2 Å². The molecule has 2 heterocycles. The summed E-state index contributed by atoms with van der Waals surface area (Å²) in [5.74, 6) is 0.597. The third-order valence-corrected chi connectivity index (χ3v) is 6.02. The third kappa shape index (κ3) is 4.60. The Labute approximate surface area is 187 Å². The number of halogens is 1. The molecular formula is C25H24ClN3O2. The van der Waals surface area contributed by atoms with Crippen LogP contribution in [0.3, 0.4) is 0 Å². The molecular weight excluding hydrogens is 410 g/mol. The molecule has 5 nitrogen and oxygen atoms in total. The zero-order valence-electron chi connectivity index (χ0n) is 17.5. The number of carbonyl (C=O) groups excluding carboxylic acids is 1. The number of nitriles is 1. The van der Waals surface area contributed by atoms with Crippen LogP contribution < -0.4 is 4.74 Å². The van der Waals surface area contributed by atoms with Crippen LogP contribution in [0.2, 0.25) is 5.02 Å². The number of nitrogens with zero attached hydrogens (tertiary/aromatic N) is 3. The van der Waals surface area contributed by atoms with E-state index in [1.54, 1.807) is 11.0 Å². The van der Waals surface area contributed by atoms with Gasteiger partial charge in [0.15, 0.2) is 0 Å². The van der Waals surface area contributed by atoms with E-state index < -0.39 is 0 Å². The standard InChI is InChI=1S/C25H24ClN3O2/c1-18-14-21(8-9-23(18)26)31-13-12-29-17-20(22-6-2-3-7-24(22)29)15-19(16-27)25(30)28-10-4-5-11-28/h2-3,6-9,14-15,17H,4-5,10-13H2,1H3/b19-15-. The van der Waals surface area contributed by atoms with Crippen LogP contribution in [0.1, 0.15) is 24.0 Å². The number of hydrogen-bond acceptors (Lipinski definition) is 3. The zero-order valence-corrected chi connectivity index (χ0v) is 18.2. The molecule has 0 spiro atoms. The summed E-state index contributed by atoms with van der Waals surface area (Å²) in [7, 11) is 0. The lowest BCUT2D eigenvalue weighted by atomic mass is 10.1. The molecule has 1 fully saturated rings. The maximum atomic E-state index is 12.7. The molecule has 4 rings (SSSR count). The van der Waals surface area contributed by atoms with Gasteiger partial charge in [0.25, 0.3) is 5.91 Å². The molecule has 0 aliphatic carbocycles. The zero-order chi connectivity index (χ0) is 21.8. The number of carbonyl (C=O) groups is 1. The Morgan fingerprint density at radius 3 is 2.74 bits per heavy atom. The molecule has 1 aliphatic heterocycles. The molecule has 3 aromatic rings. The van der Waals surface area contributed by atoms with Crippen molar-refractivity contribution in [2.75, 3.05) is 19.7 Å². The first-order valence-electron chi connectivity index (χ1n) is 10.4. The van der Waals surface area contributed by atoms with E-state index in [-0.39, 0.29) is 11.5 Å². The molecule has 0 bridgehead atoms. The predicted molar refractivity (Wildman–Crippen MR) is 123 cm³/mol. The van der Waals surface area contributed by atoms with Gasteiger partial charge in [0.1, 0.15) is 24.0 Å². The first kappa shape index (κ1) is 21.0. The fourth-order valence-corrected chi connectivity index (χ4v) is 4.05. The summed E-state index contributed by atoms with van der Waals surface area (Å²) in [5, 5.41) is 11.3. The smallest absolute Gasteiger partial charge is 0.264 e. The molecule has 0 atom stereocenters. The first-order valence-corrected chi connectivity index (χ1v) is 10.8. The van der Waals surface area contributed by atoms with Gasteiger partial charge in [0.05, 0.1) is 6.54 Å². The topological polar surface area (TPSA) is 58.3 Å². The van der Waals surface area contributed by atoms with Gasteiger partial charge in [-0.1, -0.05) is 29.8 Å². The van der Waals surface area contributed by atoms with Gasteiger partial charge in [-0.05, 0) is 55.7 Å². The number of benzene rings is 2. The van der Waals surface area contributed by atoms with E-state index in [1.807, 2.05) is 55.6 Å². The highest BCUT2D eigenvalue weighted by atomic mass is 35.5. The fraction of sp³-hybridized carbons (Fsp3) is 0.280. The molecule has 0 unspecified atom stereocenters. The Balaban J connectivity index is 1.56. The van der Waals surface area contributed by atoms with E-state index in [4.69, 9.17) is 16.3 Å². The van der Waals surface area contributed by atoms with Crippen molar-refractivity contribution < 1.29 is 9.53 Å². The Morgan fingerprint density at radius 1 is 1.23 bits per heavy atom. The number of hydrogen-bond donors (Lipinski definition) is 0. The molecule has 1 aliphatic rings. The lowest BCUT2D eigenvalue weighted by molar-refractivity contribution is -0.125. The minimum atomic E-state index is -0.182. The summed E-state index contributed by atoms with van der Waals surface area (Å²) in [5.41, 5.74) is 3.06. The van der Waals surface area contributed by atoms with Crippen molar-refractivity contribution in [1.82, 2.24) is 9.47 Å². The first-order chi connectivity index (χ1) is 15.1. The Morgan fingerprint density at radius 2 is 2.00 bits per heavy atom. The lowest BCUT2D eigenvalue weighted by Gasteiger charge is -2.13. The van der Waals surface area contributed by atoms with E-state index in [2.05, 4.69) is 10.6 Å². The Hall–Kier alpha value is -3.23. The minimum absolute atomic E-state index is 0.178. The number of likely N-dealkylation sites (tertiary alicyclic amines) is 1. The summed E-state index contributed by atoms with van der Waals surface area (Å²) < 4.78 is 8.00. The van der Waals surface area contributed by atoms with Crippen LogP contribution in [0.4, 0.5) is 0 Å². The van der Waals surface area contributed by atoms with Gasteiger partial charge in [0.2, 0.25) is 0 Å². The normalized spacial score (nSPS) is 14.1. The number of aryl methyl sites for hydroxylation is 1. The van der Waals surface area contributed by atoms with E-state index in [0.717, 1.165) is 58.7 Å². The van der Waals surface area contributed by atoms with Crippen molar-refractivity contribution in [3.8, 4) is 11.8 Å². The van der Waals surface area contributed by atoms with Crippen molar-refractivity contribution in [2.45, 2.75) is 26.3 Å². The van der Waals surface area contributed by atoms with Crippen molar-refractivity contribution >= 4 is 34.5 Å². The SMILES string of the molecule is Cc1cc(OCCn2cc(/C=C(/C#N)C(=O)N3CCCC3)c3ccccc32)ccc1Cl. The van der Waals surface area contributed by atoms with Gasteiger partial charge < -0.3 is 14.2 Å². The van der Waals surface area contributed by atoms with Crippen LogP contribution in [-0.2, 0) is 11.3 Å². The summed E-state index contributed by atoms with van der Waals surface area (Å²) in [4.78, 5) is 14.5. The van der Waals surface area contributed by atoms with E-state index in [9.17, 15) is 10.1 Å². The summed E-state index contributed by atoms with van der Waals surface area (Å²) >= 11 is 6.08.